The fourth-order valence-corrected chi connectivity index (χ4v) is 0. The third-order valence-corrected chi connectivity index (χ3v) is 0. The molecule has 0 spiro atoms. The molecule has 0 unspecified atom stereocenters. The molecule has 0 rings (SSSR count). The predicted molar refractivity (Wildman–Crippen MR) is 57.6 cm³/mol. The van der Waals surface area contributed by atoms with Gasteiger partial charge in [0.2, 0.25) is 0 Å². The van der Waals surface area contributed by atoms with Crippen LogP contribution in [0.25, 0.3) is 0 Å². The minimum Gasteiger partial charge on any atom is -1.00 e. The number of hydrogen-bond donors (Lipinski definition) is 3. The van der Waals surface area contributed by atoms with Crippen LogP contribution in [-0.2, 0) is 3.74 Å². The smallest absolute Gasteiger partial charge is 1.00 e. The molecule has 0 atom stereocenters. The van der Waals surface area contributed by atoms with Crippen molar-refractivity contribution >= 4 is 14.5 Å². The summed E-state index contributed by atoms with van der Waals surface area (Å²) < 4.78 is 30.7. The first-order valence-corrected chi connectivity index (χ1v) is 4.07. The summed E-state index contributed by atoms with van der Waals surface area (Å²) in [5, 5.41) is 0. The molecule has 0 bridgehead atoms. The van der Waals surface area contributed by atoms with E-state index in [1.165, 1.54) is 0 Å². The molecule has 0 aliphatic carbocycles. The molecule has 18 heavy (non-hydrogen) atoms. The van der Waals surface area contributed by atoms with Gasteiger partial charge in [-0.15, -0.1) is 0 Å². The van der Waals surface area contributed by atoms with Crippen LogP contribution in [0.1, 0.15) is 1.43 Å². The van der Waals surface area contributed by atoms with Crippen LogP contribution in [0.4, 0.5) is 0 Å². The molecule has 0 aromatic heterocycles. The molecule has 16 nitrogen and oxygen atoms in total. The van der Waals surface area contributed by atoms with Gasteiger partial charge in [0.1, 0.15) is 0 Å². The van der Waals surface area contributed by atoms with Gasteiger partial charge in [0, 0.05) is 0 Å². The van der Waals surface area contributed by atoms with Gasteiger partial charge in [-0.05, 0) is 0 Å². The van der Waals surface area contributed by atoms with E-state index >= 15 is 0 Å². The summed E-state index contributed by atoms with van der Waals surface area (Å²) in [6.07, 6.45) is 0. The SMILES string of the molecule is O.O.O.O.O.O.O.O.O.O.O.O.O=[As](O)(O)O.[H-].[Na+]. The monoisotopic (exact) mass is 382 g/mol. The molecule has 0 aliphatic rings. The average Bonchev–Trinajstić information content (AvgIpc) is 0.722. The topological polar surface area (TPSA) is 456 Å². The zero-order valence-electron chi connectivity index (χ0n) is 10.2. The Bertz CT molecular complexity index is 62.9. The minimum atomic E-state index is -5.12. The summed E-state index contributed by atoms with van der Waals surface area (Å²) in [6, 6.07) is 0. The first-order chi connectivity index (χ1) is 2.00. The molecule has 130 valence electrons. The van der Waals surface area contributed by atoms with E-state index in [0.29, 0.717) is 0 Å². The average molecular weight is 382 g/mol. The molecule has 0 amide bonds. The van der Waals surface area contributed by atoms with Gasteiger partial charge < -0.3 is 67.1 Å². The Kier molecular flexibility index (Phi) is 1580. The van der Waals surface area contributed by atoms with Gasteiger partial charge in [0.05, 0.1) is 0 Å². The molecule has 18 heteroatoms. The second-order valence-corrected chi connectivity index (χ2v) is 2.67. The van der Waals surface area contributed by atoms with Crippen molar-refractivity contribution in [1.29, 1.82) is 0 Å². The second-order valence-electron chi connectivity index (χ2n) is 0.513. The standard InChI is InChI=1S/AsH3O4.Na.12H2O.H/c2-1(3,4)5;;;;;;;;;;;;;;/h(H3,2,3,4,5);;12*1H2;/q;+1;;;;;;;;;;;;;-1. The molecular weight excluding hydrogens is 354 g/mol. The fourth-order valence-electron chi connectivity index (χ4n) is 0. The van der Waals surface area contributed by atoms with E-state index < -0.39 is 14.5 Å². The summed E-state index contributed by atoms with van der Waals surface area (Å²) in [6.45, 7) is 0. The van der Waals surface area contributed by atoms with E-state index in [1.54, 1.807) is 0 Å². The van der Waals surface area contributed by atoms with Crippen LogP contribution in [-0.4, -0.2) is 92.5 Å². The zero-order valence-corrected chi connectivity index (χ0v) is 13.1. The maximum Gasteiger partial charge on any atom is 1.00 e. The Hall–Kier alpha value is 0.758. The molecule has 0 heterocycles. The largest absolute Gasteiger partial charge is 1.00 e. The van der Waals surface area contributed by atoms with Gasteiger partial charge in [0.25, 0.3) is 0 Å². The van der Waals surface area contributed by atoms with Crippen molar-refractivity contribution in [2.75, 3.05) is 0 Å². The molecule has 0 radical (unpaired) electrons. The maximum atomic E-state index is 8.94. The summed E-state index contributed by atoms with van der Waals surface area (Å²) in [5.74, 6) is 0. The Morgan fingerprint density at radius 3 is 0.500 bits per heavy atom. The summed E-state index contributed by atoms with van der Waals surface area (Å²) in [5.41, 5.74) is 0. The van der Waals surface area contributed by atoms with Crippen LogP contribution >= 0.6 is 0 Å². The Morgan fingerprint density at radius 1 is 0.500 bits per heavy atom. The van der Waals surface area contributed by atoms with Crippen LogP contribution in [0, 0.1) is 0 Å². The van der Waals surface area contributed by atoms with E-state index in [4.69, 9.17) is 16.0 Å². The second kappa shape index (κ2) is 109. The number of hydrogen-bond acceptors (Lipinski definition) is 1. The third kappa shape index (κ3) is 7230. The van der Waals surface area contributed by atoms with Gasteiger partial charge in [0.15, 0.2) is 0 Å². The zero-order chi connectivity index (χ0) is 4.50. The van der Waals surface area contributed by atoms with E-state index in [9.17, 15) is 0 Å². The summed E-state index contributed by atoms with van der Waals surface area (Å²) in [7, 11) is 0. The number of rotatable bonds is 0. The van der Waals surface area contributed by atoms with Crippen molar-refractivity contribution in [1.82, 2.24) is 0 Å². The van der Waals surface area contributed by atoms with E-state index in [-0.39, 0.29) is 96.7 Å². The molecule has 0 aromatic carbocycles. The van der Waals surface area contributed by atoms with E-state index in [2.05, 4.69) is 0 Å². The normalized spacial score (nSPS) is 3.28. The van der Waals surface area contributed by atoms with Gasteiger partial charge in [-0.3, -0.25) is 0 Å². The third-order valence-electron chi connectivity index (χ3n) is 0. The summed E-state index contributed by atoms with van der Waals surface area (Å²) in [4.78, 5) is 0. The van der Waals surface area contributed by atoms with Gasteiger partial charge in [-0.25, -0.2) is 0 Å². The van der Waals surface area contributed by atoms with Crippen LogP contribution in [0.5, 0.6) is 0 Å². The molecule has 0 saturated heterocycles. The van der Waals surface area contributed by atoms with Crippen LogP contribution < -0.4 is 29.6 Å². The molecule has 0 saturated carbocycles. The Balaban J connectivity index is -0.000000000879. The van der Waals surface area contributed by atoms with Crippen molar-refractivity contribution in [3.63, 3.8) is 0 Å². The maximum absolute atomic E-state index is 8.94. The van der Waals surface area contributed by atoms with Gasteiger partial charge in [-0.2, -0.15) is 0 Å². The Labute approximate surface area is 127 Å². The Morgan fingerprint density at radius 2 is 0.500 bits per heavy atom. The van der Waals surface area contributed by atoms with Crippen molar-refractivity contribution in [2.24, 2.45) is 0 Å². The first kappa shape index (κ1) is 261. The first-order valence-electron chi connectivity index (χ1n) is 0.783. The van der Waals surface area contributed by atoms with Crippen LogP contribution in [0.15, 0.2) is 0 Å². The van der Waals surface area contributed by atoms with Crippen molar-refractivity contribution < 1.29 is 113 Å². The minimum absolute atomic E-state index is 0. The van der Waals surface area contributed by atoms with Gasteiger partial charge in [-0.1, -0.05) is 0 Å². The molecule has 0 fully saturated rings. The van der Waals surface area contributed by atoms with E-state index in [1.807, 2.05) is 0 Å². The van der Waals surface area contributed by atoms with Crippen molar-refractivity contribution in [3.8, 4) is 0 Å². The van der Waals surface area contributed by atoms with Crippen LogP contribution in [0.2, 0.25) is 0 Å². The molecule has 0 aliphatic heterocycles. The van der Waals surface area contributed by atoms with Crippen LogP contribution in [0.3, 0.4) is 0 Å². The van der Waals surface area contributed by atoms with Crippen molar-refractivity contribution in [2.45, 2.75) is 0 Å². The molecular formula is H28AsNaO16. The molecule has 27 N–H and O–H groups in total. The fraction of sp³-hybridized carbons (Fsp3) is 0. The summed E-state index contributed by atoms with van der Waals surface area (Å²) >= 11 is -5.12. The van der Waals surface area contributed by atoms with E-state index in [0.717, 1.165) is 0 Å². The predicted octanol–water partition coefficient (Wildman–Crippen LogP) is -15.0. The van der Waals surface area contributed by atoms with Crippen molar-refractivity contribution in [3.05, 3.63) is 0 Å². The molecule has 0 aromatic rings. The quantitative estimate of drug-likeness (QED) is 0.343. The van der Waals surface area contributed by atoms with Gasteiger partial charge >= 0.3 is 60.1 Å².